The van der Waals surface area contributed by atoms with Crippen LogP contribution in [0, 0.1) is 12.8 Å². The maximum Gasteiger partial charge on any atom is 0.307 e. The minimum Gasteiger partial charge on any atom is -0.481 e. The second-order valence-corrected chi connectivity index (χ2v) is 5.95. The quantitative estimate of drug-likeness (QED) is 0.608. The van der Waals surface area contributed by atoms with Gasteiger partial charge in [0.1, 0.15) is 0 Å². The lowest BCUT2D eigenvalue weighted by atomic mass is 10.1. The van der Waals surface area contributed by atoms with E-state index in [2.05, 4.69) is 31.1 Å². The van der Waals surface area contributed by atoms with Crippen LogP contribution in [0.25, 0.3) is 10.9 Å². The van der Waals surface area contributed by atoms with Crippen molar-refractivity contribution in [3.05, 3.63) is 60.3 Å². The van der Waals surface area contributed by atoms with Gasteiger partial charge in [-0.15, -0.1) is 6.58 Å². The van der Waals surface area contributed by atoms with Gasteiger partial charge in [-0.05, 0) is 31.4 Å². The monoisotopic (exact) mass is 357 g/mol. The van der Waals surface area contributed by atoms with Crippen LogP contribution in [-0.2, 0) is 17.8 Å². The van der Waals surface area contributed by atoms with Crippen molar-refractivity contribution in [1.29, 1.82) is 0 Å². The van der Waals surface area contributed by atoms with Crippen LogP contribution in [-0.4, -0.2) is 15.6 Å². The summed E-state index contributed by atoms with van der Waals surface area (Å²) in [5.41, 5.74) is 3.06. The highest BCUT2D eigenvalue weighted by atomic mass is 16.4. The Morgan fingerprint density at radius 2 is 1.92 bits per heavy atom. The minimum atomic E-state index is -0.785. The van der Waals surface area contributed by atoms with Gasteiger partial charge in [0.25, 0.3) is 0 Å². The van der Waals surface area contributed by atoms with E-state index >= 15 is 0 Å². The summed E-state index contributed by atoms with van der Waals surface area (Å²) in [7, 11) is 0. The van der Waals surface area contributed by atoms with E-state index in [9.17, 15) is 4.79 Å². The van der Waals surface area contributed by atoms with E-state index < -0.39 is 5.97 Å². The third-order valence-corrected chi connectivity index (χ3v) is 4.26. The summed E-state index contributed by atoms with van der Waals surface area (Å²) in [6.45, 7) is 16.7. The highest BCUT2D eigenvalue weighted by Crippen LogP contribution is 2.26. The molecule has 2 rings (SSSR count). The molecular formula is C23H35NO2. The van der Waals surface area contributed by atoms with E-state index in [4.69, 9.17) is 5.11 Å². The molecule has 0 saturated heterocycles. The number of hydrogen-bond acceptors (Lipinski definition) is 1. The lowest BCUT2D eigenvalue weighted by Crippen LogP contribution is -2.03. The Hall–Kier alpha value is -2.29. The third-order valence-electron chi connectivity index (χ3n) is 4.26. The number of carboxylic acid groups (broad SMARTS) is 1. The Bertz CT molecular complexity index is 710. The Labute approximate surface area is 159 Å². The SMILES string of the molecule is C/C=C/Cn1c(C)c(CC(=O)O)c2ccccc21.C=CC(C)CC.CC. The molecule has 0 aliphatic carbocycles. The standard InChI is InChI=1S/C15H17NO2.C6H12.C2H6/c1-3-4-9-16-11(2)13(10-15(17)18)12-7-5-6-8-14(12)16;1-4-6(3)5-2;1-2/h3-8H,9-10H2,1-2H3,(H,17,18);4,6H,1,5H2,2-3H3;1-2H3/b4-3+;;. The zero-order valence-corrected chi connectivity index (χ0v) is 17.2. The molecule has 0 aliphatic heterocycles. The van der Waals surface area contributed by atoms with Crippen molar-refractivity contribution >= 4 is 16.9 Å². The van der Waals surface area contributed by atoms with Gasteiger partial charge in [-0.2, -0.15) is 0 Å². The van der Waals surface area contributed by atoms with Gasteiger partial charge in [-0.1, -0.05) is 70.5 Å². The van der Waals surface area contributed by atoms with Gasteiger partial charge in [0.15, 0.2) is 0 Å². The van der Waals surface area contributed by atoms with Crippen molar-refractivity contribution < 1.29 is 9.90 Å². The average molecular weight is 358 g/mol. The van der Waals surface area contributed by atoms with Crippen LogP contribution in [0.5, 0.6) is 0 Å². The predicted molar refractivity (Wildman–Crippen MR) is 114 cm³/mol. The smallest absolute Gasteiger partial charge is 0.307 e. The maximum atomic E-state index is 11.0. The molecule has 1 aromatic heterocycles. The Kier molecular flexibility index (Phi) is 11.8. The van der Waals surface area contributed by atoms with Crippen LogP contribution >= 0.6 is 0 Å². The summed E-state index contributed by atoms with van der Waals surface area (Å²) in [5.74, 6) is -0.0861. The molecule has 0 aliphatic rings. The lowest BCUT2D eigenvalue weighted by Gasteiger charge is -2.04. The molecule has 1 aromatic carbocycles. The summed E-state index contributed by atoms with van der Waals surface area (Å²) in [4.78, 5) is 11.0. The Morgan fingerprint density at radius 1 is 1.31 bits per heavy atom. The van der Waals surface area contributed by atoms with Gasteiger partial charge in [-0.25, -0.2) is 0 Å². The maximum absolute atomic E-state index is 11.0. The van der Waals surface area contributed by atoms with Gasteiger partial charge in [-0.3, -0.25) is 4.79 Å². The topological polar surface area (TPSA) is 42.2 Å². The van der Waals surface area contributed by atoms with Gasteiger partial charge in [0.2, 0.25) is 0 Å². The number of aromatic nitrogens is 1. The normalized spacial score (nSPS) is 11.3. The number of carboxylic acids is 1. The third kappa shape index (κ3) is 6.91. The molecular weight excluding hydrogens is 322 g/mol. The predicted octanol–water partition coefficient (Wildman–Crippen LogP) is 6.40. The van der Waals surface area contributed by atoms with Crippen molar-refractivity contribution in [2.45, 2.75) is 60.9 Å². The number of allylic oxidation sites excluding steroid dienone is 3. The molecule has 3 heteroatoms. The van der Waals surface area contributed by atoms with E-state index in [0.717, 1.165) is 28.7 Å². The largest absolute Gasteiger partial charge is 0.481 e. The molecule has 1 atom stereocenters. The number of nitrogens with zero attached hydrogens (tertiary/aromatic N) is 1. The second kappa shape index (κ2) is 13.0. The summed E-state index contributed by atoms with van der Waals surface area (Å²) in [6.07, 6.45) is 7.34. The summed E-state index contributed by atoms with van der Waals surface area (Å²) in [5, 5.41) is 10.1. The van der Waals surface area contributed by atoms with E-state index in [1.54, 1.807) is 0 Å². The van der Waals surface area contributed by atoms with Gasteiger partial charge in [0.05, 0.1) is 6.42 Å². The molecule has 1 unspecified atom stereocenters. The van der Waals surface area contributed by atoms with E-state index in [1.807, 2.05) is 64.1 Å². The van der Waals surface area contributed by atoms with Crippen molar-refractivity contribution in [2.24, 2.45) is 5.92 Å². The fourth-order valence-corrected chi connectivity index (χ4v) is 2.49. The fraction of sp³-hybridized carbons (Fsp3) is 0.435. The number of hydrogen-bond donors (Lipinski definition) is 1. The second-order valence-electron chi connectivity index (χ2n) is 5.95. The van der Waals surface area contributed by atoms with Crippen LogP contribution in [0.1, 0.15) is 52.3 Å². The van der Waals surface area contributed by atoms with Crippen molar-refractivity contribution in [1.82, 2.24) is 4.57 Å². The number of rotatable bonds is 6. The first-order valence-electron chi connectivity index (χ1n) is 9.48. The molecule has 1 N–H and O–H groups in total. The minimum absolute atomic E-state index is 0.0786. The molecule has 1 heterocycles. The molecule has 0 radical (unpaired) electrons. The summed E-state index contributed by atoms with van der Waals surface area (Å²) >= 11 is 0. The van der Waals surface area contributed by atoms with Crippen LogP contribution in [0.2, 0.25) is 0 Å². The first-order chi connectivity index (χ1) is 12.5. The fourth-order valence-electron chi connectivity index (χ4n) is 2.49. The lowest BCUT2D eigenvalue weighted by molar-refractivity contribution is -0.136. The zero-order chi connectivity index (χ0) is 20.1. The molecule has 2 aromatic rings. The number of fused-ring (bicyclic) bond motifs is 1. The van der Waals surface area contributed by atoms with E-state index in [-0.39, 0.29) is 6.42 Å². The van der Waals surface area contributed by atoms with Crippen molar-refractivity contribution in [2.75, 3.05) is 0 Å². The van der Waals surface area contributed by atoms with Crippen molar-refractivity contribution in [3.8, 4) is 0 Å². The molecule has 3 nitrogen and oxygen atoms in total. The van der Waals surface area contributed by atoms with Crippen LogP contribution in [0.4, 0.5) is 0 Å². The molecule has 144 valence electrons. The van der Waals surface area contributed by atoms with Crippen LogP contribution < -0.4 is 0 Å². The van der Waals surface area contributed by atoms with Gasteiger partial charge >= 0.3 is 5.97 Å². The Balaban J connectivity index is 0.000000667. The number of benzene rings is 1. The first kappa shape index (κ1) is 23.7. The molecule has 26 heavy (non-hydrogen) atoms. The molecule has 0 saturated carbocycles. The summed E-state index contributed by atoms with van der Waals surface area (Å²) in [6, 6.07) is 7.97. The van der Waals surface area contributed by atoms with Gasteiger partial charge in [0, 0.05) is 23.1 Å². The zero-order valence-electron chi connectivity index (χ0n) is 17.2. The van der Waals surface area contributed by atoms with E-state index in [0.29, 0.717) is 5.92 Å². The molecule has 0 amide bonds. The van der Waals surface area contributed by atoms with E-state index in [1.165, 1.54) is 6.42 Å². The van der Waals surface area contributed by atoms with Crippen LogP contribution in [0.15, 0.2) is 49.1 Å². The molecule has 0 spiro atoms. The highest BCUT2D eigenvalue weighted by Gasteiger charge is 2.14. The van der Waals surface area contributed by atoms with Gasteiger partial charge < -0.3 is 9.67 Å². The number of para-hydroxylation sites is 1. The first-order valence-corrected chi connectivity index (χ1v) is 9.48. The number of aliphatic carboxylic acids is 1. The number of carbonyl (C=O) groups is 1. The summed E-state index contributed by atoms with van der Waals surface area (Å²) < 4.78 is 2.16. The highest BCUT2D eigenvalue weighted by molar-refractivity contribution is 5.89. The average Bonchev–Trinajstić information content (AvgIpc) is 2.92. The van der Waals surface area contributed by atoms with Crippen molar-refractivity contribution in [3.63, 3.8) is 0 Å². The molecule has 0 bridgehead atoms. The van der Waals surface area contributed by atoms with Crippen LogP contribution in [0.3, 0.4) is 0 Å². The Morgan fingerprint density at radius 3 is 2.38 bits per heavy atom. The molecule has 0 fully saturated rings.